The minimum atomic E-state index is -0.610. The minimum Gasteiger partial charge on any atom is -0.472 e. The molecule has 0 aliphatic carbocycles. The number of imidazole rings is 1. The smallest absolute Gasteiger partial charge is 0.337 e. The molecule has 0 N–H and O–H groups in total. The number of fused-ring (bicyclic) bond motifs is 2. The van der Waals surface area contributed by atoms with Gasteiger partial charge in [-0.2, -0.15) is 5.10 Å². The maximum atomic E-state index is 15.6. The van der Waals surface area contributed by atoms with Crippen LogP contribution >= 0.6 is 11.3 Å². The van der Waals surface area contributed by atoms with E-state index < -0.39 is 17.6 Å². The van der Waals surface area contributed by atoms with E-state index in [0.717, 1.165) is 27.6 Å². The summed E-state index contributed by atoms with van der Waals surface area (Å²) in [6.07, 6.45) is 2.70. The van der Waals surface area contributed by atoms with E-state index in [-0.39, 0.29) is 29.3 Å². The summed E-state index contributed by atoms with van der Waals surface area (Å²) in [5, 5.41) is 5.27. The highest BCUT2D eigenvalue weighted by atomic mass is 32.1. The summed E-state index contributed by atoms with van der Waals surface area (Å²) in [5.41, 5.74) is 2.15. The summed E-state index contributed by atoms with van der Waals surface area (Å²) >= 11 is 1.57. The zero-order valence-corrected chi connectivity index (χ0v) is 24.7. The Morgan fingerprint density at radius 1 is 1.11 bits per heavy atom. The number of carbonyl (C=O) groups is 1. The molecule has 6 aromatic rings. The van der Waals surface area contributed by atoms with Crippen LogP contribution in [-0.2, 0) is 36.1 Å². The molecule has 2 aromatic carbocycles. The average molecular weight is 616 g/mol. The van der Waals surface area contributed by atoms with Gasteiger partial charge in [0, 0.05) is 42.0 Å². The molecule has 0 spiro atoms. The normalized spacial score (nSPS) is 14.7. The number of rotatable bonds is 9. The number of aromatic nitrogens is 5. The summed E-state index contributed by atoms with van der Waals surface area (Å²) in [5.74, 6) is -0.817. The fraction of sp³-hybridized carbons (Fsp3) is 0.250. The van der Waals surface area contributed by atoms with Gasteiger partial charge in [-0.15, -0.1) is 11.3 Å². The number of thiophene rings is 1. The van der Waals surface area contributed by atoms with Crippen molar-refractivity contribution in [2.75, 3.05) is 13.7 Å². The van der Waals surface area contributed by atoms with Gasteiger partial charge in [-0.3, -0.25) is 4.68 Å². The predicted molar refractivity (Wildman–Crippen MR) is 161 cm³/mol. The van der Waals surface area contributed by atoms with Crippen molar-refractivity contribution >= 4 is 38.6 Å². The Balaban J connectivity index is 1.14. The van der Waals surface area contributed by atoms with Gasteiger partial charge < -0.3 is 18.8 Å². The van der Waals surface area contributed by atoms with Crippen LogP contribution in [0, 0.1) is 11.6 Å². The maximum Gasteiger partial charge on any atom is 0.337 e. The third-order valence-corrected chi connectivity index (χ3v) is 8.92. The second-order valence-corrected chi connectivity index (χ2v) is 11.7. The molecule has 1 saturated heterocycles. The van der Waals surface area contributed by atoms with Crippen molar-refractivity contribution in [1.29, 1.82) is 0 Å². The molecule has 4 aromatic heterocycles. The molecular weight excluding hydrogens is 588 g/mol. The Morgan fingerprint density at radius 2 is 1.98 bits per heavy atom. The lowest BCUT2D eigenvalue weighted by Crippen LogP contribution is -2.31. The highest BCUT2D eigenvalue weighted by molar-refractivity contribution is 7.18. The first kappa shape index (κ1) is 28.1. The fourth-order valence-electron chi connectivity index (χ4n) is 5.33. The van der Waals surface area contributed by atoms with Crippen molar-refractivity contribution < 1.29 is 27.8 Å². The van der Waals surface area contributed by atoms with Gasteiger partial charge in [0.1, 0.15) is 28.9 Å². The zero-order chi connectivity index (χ0) is 30.4. The molecule has 9 nitrogen and oxygen atoms in total. The number of esters is 1. The number of methoxy groups -OCH3 is 1. The number of halogens is 2. The first-order valence-electron chi connectivity index (χ1n) is 14.0. The van der Waals surface area contributed by atoms with Crippen LogP contribution < -0.4 is 4.74 Å². The van der Waals surface area contributed by atoms with Gasteiger partial charge in [0.15, 0.2) is 0 Å². The van der Waals surface area contributed by atoms with Crippen LogP contribution in [0.15, 0.2) is 60.8 Å². The van der Waals surface area contributed by atoms with Gasteiger partial charge in [-0.05, 0) is 54.4 Å². The van der Waals surface area contributed by atoms with Crippen molar-refractivity contribution in [2.45, 2.75) is 32.1 Å². The summed E-state index contributed by atoms with van der Waals surface area (Å²) in [4.78, 5) is 23.3. The highest BCUT2D eigenvalue weighted by Gasteiger charge is 2.24. The van der Waals surface area contributed by atoms with Gasteiger partial charge in [0.05, 0.1) is 48.2 Å². The highest BCUT2D eigenvalue weighted by Crippen LogP contribution is 2.30. The first-order valence-corrected chi connectivity index (χ1v) is 14.9. The van der Waals surface area contributed by atoms with E-state index in [4.69, 9.17) is 19.2 Å². The molecule has 5 heterocycles. The molecule has 1 aliphatic heterocycles. The number of nitrogens with zero attached hydrogens (tertiary/aromatic N) is 5. The van der Waals surface area contributed by atoms with Crippen LogP contribution in [0.3, 0.4) is 0 Å². The summed E-state index contributed by atoms with van der Waals surface area (Å²) in [6, 6.07) is 14.4. The van der Waals surface area contributed by atoms with Gasteiger partial charge in [0.25, 0.3) is 0 Å². The van der Waals surface area contributed by atoms with Crippen LogP contribution in [0.5, 0.6) is 5.88 Å². The number of hydrogen-bond acceptors (Lipinski definition) is 8. The molecule has 0 bridgehead atoms. The first-order chi connectivity index (χ1) is 21.4. The predicted octanol–water partition coefficient (Wildman–Crippen LogP) is 6.07. The largest absolute Gasteiger partial charge is 0.472 e. The van der Waals surface area contributed by atoms with Crippen LogP contribution in [0.4, 0.5) is 8.78 Å². The third-order valence-electron chi connectivity index (χ3n) is 7.73. The molecule has 7 rings (SSSR count). The van der Waals surface area contributed by atoms with Crippen molar-refractivity contribution in [2.24, 2.45) is 7.05 Å². The monoisotopic (exact) mass is 615 g/mol. The molecule has 1 fully saturated rings. The number of carbonyl (C=O) groups excluding carboxylic acids is 1. The van der Waals surface area contributed by atoms with E-state index in [2.05, 4.69) is 10.1 Å². The van der Waals surface area contributed by atoms with Crippen LogP contribution in [0.25, 0.3) is 32.5 Å². The van der Waals surface area contributed by atoms with Gasteiger partial charge >= 0.3 is 5.97 Å². The van der Waals surface area contributed by atoms with Crippen molar-refractivity contribution in [3.63, 3.8) is 0 Å². The molecule has 0 amide bonds. The van der Waals surface area contributed by atoms with E-state index >= 15 is 8.78 Å². The van der Waals surface area contributed by atoms with Gasteiger partial charge in [-0.1, -0.05) is 6.07 Å². The molecule has 224 valence electrons. The lowest BCUT2D eigenvalue weighted by atomic mass is 10.0. The molecule has 0 saturated carbocycles. The van der Waals surface area contributed by atoms with Crippen LogP contribution in [0.1, 0.15) is 33.0 Å². The Labute approximate surface area is 254 Å². The van der Waals surface area contributed by atoms with E-state index in [1.165, 1.54) is 13.2 Å². The van der Waals surface area contributed by atoms with Gasteiger partial charge in [0.2, 0.25) is 5.88 Å². The minimum absolute atomic E-state index is 0.0201. The summed E-state index contributed by atoms with van der Waals surface area (Å²) in [6.45, 7) is 1.44. The Bertz CT molecular complexity index is 2030. The van der Waals surface area contributed by atoms with Crippen molar-refractivity contribution in [1.82, 2.24) is 24.3 Å². The summed E-state index contributed by atoms with van der Waals surface area (Å²) in [7, 11) is 3.21. The lowest BCUT2D eigenvalue weighted by Gasteiger charge is -2.27. The number of aryl methyl sites for hydroxylation is 1. The molecule has 44 heavy (non-hydrogen) atoms. The Hall–Kier alpha value is -4.68. The van der Waals surface area contributed by atoms with Crippen LogP contribution in [0.2, 0.25) is 0 Å². The zero-order valence-electron chi connectivity index (χ0n) is 23.9. The summed E-state index contributed by atoms with van der Waals surface area (Å²) < 4.78 is 51.2. The van der Waals surface area contributed by atoms with Crippen LogP contribution in [-0.4, -0.2) is 50.1 Å². The number of benzene rings is 2. The topological polar surface area (TPSA) is 93.3 Å². The number of pyridine rings is 1. The second kappa shape index (κ2) is 11.4. The molecule has 1 atom stereocenters. The molecule has 12 heteroatoms. The standard InChI is InChI=1S/C32H27F2N5O4S/c1-38-31-20(15-35-38)10-22(44-31)17-43-30-5-3-4-26(37-30)23-14-24(33)19(11-25(23)34)13-29-36-27-7-6-18(32(40)41-2)12-28(27)39(29)16-21-8-9-42-21/h3-7,10-12,14-15,21H,8-9,13,16-17H2,1-2H3/t21-/m0/s1. The quantitative estimate of drug-likeness (QED) is 0.182. The lowest BCUT2D eigenvalue weighted by molar-refractivity contribution is -0.0589. The average Bonchev–Trinajstić information content (AvgIpc) is 3.68. The van der Waals surface area contributed by atoms with Gasteiger partial charge in [-0.25, -0.2) is 23.5 Å². The van der Waals surface area contributed by atoms with E-state index in [9.17, 15) is 4.79 Å². The molecule has 0 radical (unpaired) electrons. The van der Waals surface area contributed by atoms with Crippen molar-refractivity contribution in [3.05, 3.63) is 94.3 Å². The maximum absolute atomic E-state index is 15.6. The SMILES string of the molecule is COC(=O)c1ccc2nc(Cc3cc(F)c(-c4cccc(OCc5cc6cnn(C)c6s5)n4)cc3F)n(C[C@@H]3CCO3)c2c1. The molecular formula is C32H27F2N5O4S. The van der Waals surface area contributed by atoms with Crippen molar-refractivity contribution in [3.8, 4) is 17.1 Å². The van der Waals surface area contributed by atoms with E-state index in [0.29, 0.717) is 48.1 Å². The number of hydrogen-bond donors (Lipinski definition) is 0. The Morgan fingerprint density at radius 3 is 2.75 bits per heavy atom. The fourth-order valence-corrected chi connectivity index (χ4v) is 6.29. The second-order valence-electron chi connectivity index (χ2n) is 10.6. The molecule has 0 unspecified atom stereocenters. The number of ether oxygens (including phenoxy) is 3. The Kier molecular flexibility index (Phi) is 7.31. The van der Waals surface area contributed by atoms with E-state index in [1.807, 2.05) is 22.4 Å². The third kappa shape index (κ3) is 5.31. The molecule has 1 aliphatic rings. The van der Waals surface area contributed by atoms with E-state index in [1.54, 1.807) is 53.9 Å².